The summed E-state index contributed by atoms with van der Waals surface area (Å²) in [5.74, 6) is -1.73. The Bertz CT molecular complexity index is 1220. The first-order valence-corrected chi connectivity index (χ1v) is 29.5. The van der Waals surface area contributed by atoms with Gasteiger partial charge in [-0.2, -0.15) is 0 Å². The molecule has 2 unspecified atom stereocenters. The first-order chi connectivity index (χ1) is 33.6. The van der Waals surface area contributed by atoms with Gasteiger partial charge in [-0.25, -0.2) is 0 Å². The Kier molecular flexibility index (Phi) is 50.0. The number of nitrogens with zero attached hydrogens (tertiary/aromatic N) is 1. The van der Waals surface area contributed by atoms with Crippen LogP contribution >= 0.6 is 0 Å². The molecule has 8 nitrogen and oxygen atoms in total. The second kappa shape index (κ2) is 51.9. The number of hydrogen-bond acceptors (Lipinski definition) is 7. The molecule has 0 radical (unpaired) electrons. The third kappa shape index (κ3) is 50.3. The van der Waals surface area contributed by atoms with Gasteiger partial charge in [0.15, 0.2) is 6.10 Å². The van der Waals surface area contributed by atoms with Crippen LogP contribution in [0.2, 0.25) is 0 Å². The van der Waals surface area contributed by atoms with Crippen LogP contribution in [0.25, 0.3) is 0 Å². The number of hydrogen-bond donors (Lipinski definition) is 0. The number of likely N-dealkylation sites (N-methyl/N-ethyl adjacent to an activating group) is 1. The van der Waals surface area contributed by atoms with E-state index < -0.39 is 18.1 Å². The predicted octanol–water partition coefficient (Wildman–Crippen LogP) is 16.4. The summed E-state index contributed by atoms with van der Waals surface area (Å²) >= 11 is 0. The van der Waals surface area contributed by atoms with Crippen molar-refractivity contribution in [2.45, 2.75) is 296 Å². The van der Waals surface area contributed by atoms with Gasteiger partial charge in [0.2, 0.25) is 0 Å². The van der Waals surface area contributed by atoms with Crippen molar-refractivity contribution in [3.63, 3.8) is 0 Å². The van der Waals surface area contributed by atoms with Crippen LogP contribution in [0, 0.1) is 0 Å². The maximum atomic E-state index is 12.8. The quantitative estimate of drug-likeness (QED) is 0.0259. The molecule has 0 aliphatic rings. The molecule has 0 saturated carbocycles. The molecular formula is C61H113NO7. The van der Waals surface area contributed by atoms with Crippen molar-refractivity contribution in [2.24, 2.45) is 0 Å². The van der Waals surface area contributed by atoms with Gasteiger partial charge in [-0.05, 0) is 70.6 Å². The van der Waals surface area contributed by atoms with Gasteiger partial charge in [0.05, 0.1) is 40.3 Å². The molecule has 0 amide bonds. The van der Waals surface area contributed by atoms with Crippen LogP contribution in [-0.2, 0) is 28.6 Å². The molecule has 0 aliphatic heterocycles. The van der Waals surface area contributed by atoms with E-state index >= 15 is 0 Å². The fourth-order valence-corrected chi connectivity index (χ4v) is 8.92. The molecule has 0 aromatic rings. The van der Waals surface area contributed by atoms with Crippen LogP contribution in [0.15, 0.2) is 36.5 Å². The summed E-state index contributed by atoms with van der Waals surface area (Å²) in [7, 11) is 5.43. The molecule has 0 bridgehead atoms. The van der Waals surface area contributed by atoms with Crippen LogP contribution in [0.5, 0.6) is 0 Å². The molecule has 0 aromatic heterocycles. The van der Waals surface area contributed by atoms with Crippen molar-refractivity contribution in [3.8, 4) is 0 Å². The van der Waals surface area contributed by atoms with Gasteiger partial charge in [0, 0.05) is 19.3 Å². The summed E-state index contributed by atoms with van der Waals surface area (Å²) in [5, 5.41) is 11.7. The summed E-state index contributed by atoms with van der Waals surface area (Å²) in [6, 6.07) is -0.729. The highest BCUT2D eigenvalue weighted by molar-refractivity contribution is 5.70. The van der Waals surface area contributed by atoms with Crippen molar-refractivity contribution in [2.75, 3.05) is 41.0 Å². The van der Waals surface area contributed by atoms with Gasteiger partial charge >= 0.3 is 11.9 Å². The minimum Gasteiger partial charge on any atom is -0.544 e. The van der Waals surface area contributed by atoms with Crippen molar-refractivity contribution < 1.29 is 38.2 Å². The van der Waals surface area contributed by atoms with Crippen LogP contribution in [0.4, 0.5) is 0 Å². The van der Waals surface area contributed by atoms with E-state index in [1.165, 1.54) is 199 Å². The average Bonchev–Trinajstić information content (AvgIpc) is 3.31. The zero-order valence-electron chi connectivity index (χ0n) is 46.2. The SMILES string of the molecule is CCCCCCCCCCC/C=C/C/C=C/CCCCCCCCCC(=O)OC(COCCC(C(=O)[O-])[N+](C)(C)C)COC(=O)CCCCCCCCC/C=C/CCCCCCCCCCCCC. The van der Waals surface area contributed by atoms with Crippen molar-refractivity contribution in [3.05, 3.63) is 36.5 Å². The number of carbonyl (C=O) groups is 3. The molecule has 0 spiro atoms. The molecule has 0 fully saturated rings. The number of ether oxygens (including phenoxy) is 3. The van der Waals surface area contributed by atoms with Gasteiger partial charge in [-0.1, -0.05) is 230 Å². The Balaban J connectivity index is 4.17. The van der Waals surface area contributed by atoms with Gasteiger partial charge in [-0.15, -0.1) is 0 Å². The zero-order valence-corrected chi connectivity index (χ0v) is 46.2. The van der Waals surface area contributed by atoms with E-state index in [0.29, 0.717) is 12.8 Å². The minimum atomic E-state index is -1.12. The van der Waals surface area contributed by atoms with Crippen LogP contribution in [-0.4, -0.2) is 75.5 Å². The lowest BCUT2D eigenvalue weighted by Gasteiger charge is -2.34. The van der Waals surface area contributed by atoms with Crippen molar-refractivity contribution in [1.29, 1.82) is 0 Å². The second-order valence-corrected chi connectivity index (χ2v) is 21.2. The van der Waals surface area contributed by atoms with E-state index in [9.17, 15) is 19.5 Å². The van der Waals surface area contributed by atoms with E-state index in [0.717, 1.165) is 51.4 Å². The molecule has 0 rings (SSSR count). The highest BCUT2D eigenvalue weighted by Gasteiger charge is 2.25. The molecule has 69 heavy (non-hydrogen) atoms. The number of unbranched alkanes of at least 4 members (excludes halogenated alkanes) is 34. The number of quaternary nitrogens is 1. The molecule has 8 heteroatoms. The molecule has 0 saturated heterocycles. The lowest BCUT2D eigenvalue weighted by molar-refractivity contribution is -0.889. The molecule has 0 N–H and O–H groups in total. The summed E-state index contributed by atoms with van der Waals surface area (Å²) < 4.78 is 17.3. The first-order valence-electron chi connectivity index (χ1n) is 29.5. The number of carboxylic acids is 1. The Morgan fingerprint density at radius 3 is 1.13 bits per heavy atom. The maximum absolute atomic E-state index is 12.8. The lowest BCUT2D eigenvalue weighted by atomic mass is 10.0. The van der Waals surface area contributed by atoms with Crippen molar-refractivity contribution >= 4 is 17.9 Å². The normalized spacial score (nSPS) is 13.0. The van der Waals surface area contributed by atoms with Crippen LogP contribution in [0.3, 0.4) is 0 Å². The molecule has 404 valence electrons. The molecule has 0 heterocycles. The third-order valence-corrected chi connectivity index (χ3v) is 13.5. The lowest BCUT2D eigenvalue weighted by Crippen LogP contribution is -2.55. The number of carbonyl (C=O) groups excluding carboxylic acids is 3. The monoisotopic (exact) mass is 972 g/mol. The Morgan fingerprint density at radius 2 is 0.768 bits per heavy atom. The van der Waals surface area contributed by atoms with Crippen LogP contribution in [0.1, 0.15) is 284 Å². The van der Waals surface area contributed by atoms with E-state index in [4.69, 9.17) is 14.2 Å². The maximum Gasteiger partial charge on any atom is 0.306 e. The highest BCUT2D eigenvalue weighted by atomic mass is 16.6. The Labute approximate surface area is 427 Å². The Morgan fingerprint density at radius 1 is 0.435 bits per heavy atom. The van der Waals surface area contributed by atoms with E-state index in [-0.39, 0.29) is 42.7 Å². The summed E-state index contributed by atoms with van der Waals surface area (Å²) in [5.41, 5.74) is 0. The largest absolute Gasteiger partial charge is 0.544 e. The molecular weight excluding hydrogens is 859 g/mol. The number of aliphatic carboxylic acids is 1. The summed E-state index contributed by atoms with van der Waals surface area (Å²) in [6.07, 6.45) is 63.3. The Hall–Kier alpha value is -2.45. The summed E-state index contributed by atoms with van der Waals surface area (Å²) in [6.45, 7) is 4.70. The highest BCUT2D eigenvalue weighted by Crippen LogP contribution is 2.16. The van der Waals surface area contributed by atoms with E-state index in [2.05, 4.69) is 50.3 Å². The number of rotatable bonds is 54. The van der Waals surface area contributed by atoms with Gasteiger partial charge in [0.1, 0.15) is 12.6 Å². The number of esters is 2. The number of carboxylic acid groups (broad SMARTS) is 1. The first kappa shape index (κ1) is 66.6. The molecule has 0 aromatic carbocycles. The summed E-state index contributed by atoms with van der Waals surface area (Å²) in [4.78, 5) is 37.2. The van der Waals surface area contributed by atoms with Gasteiger partial charge < -0.3 is 28.6 Å². The van der Waals surface area contributed by atoms with Crippen LogP contribution < -0.4 is 5.11 Å². The average molecular weight is 973 g/mol. The fourth-order valence-electron chi connectivity index (χ4n) is 8.92. The standard InChI is InChI=1S/C61H113NO7/c1-6-8-10-12-14-16-18-20-22-24-26-28-30-32-34-36-38-40-42-44-46-48-50-52-60(64)69-57(55-67-54-53-58(61(65)66)62(3,4)5)56-68-59(63)51-49-47-45-43-41-39-37-35-33-31-29-27-25-23-21-19-17-15-13-11-9-7-2/h26,28,31-34,57-58H,6-25,27,29-30,35-56H2,1-5H3/b28-26+,33-31+,34-32+. The number of allylic oxidation sites excluding steroid dienone is 6. The van der Waals surface area contributed by atoms with Crippen molar-refractivity contribution in [1.82, 2.24) is 0 Å². The zero-order chi connectivity index (χ0) is 50.6. The van der Waals surface area contributed by atoms with E-state index in [1.807, 2.05) is 21.1 Å². The van der Waals surface area contributed by atoms with Gasteiger partial charge in [-0.3, -0.25) is 9.59 Å². The minimum absolute atomic E-state index is 0.0381. The topological polar surface area (TPSA) is 102 Å². The third-order valence-electron chi connectivity index (χ3n) is 13.5. The van der Waals surface area contributed by atoms with E-state index in [1.54, 1.807) is 0 Å². The second-order valence-electron chi connectivity index (χ2n) is 21.2. The fraction of sp³-hybridized carbons (Fsp3) is 0.852. The predicted molar refractivity (Wildman–Crippen MR) is 291 cm³/mol. The smallest absolute Gasteiger partial charge is 0.306 e. The molecule has 0 aliphatic carbocycles. The molecule has 2 atom stereocenters. The van der Waals surface area contributed by atoms with Gasteiger partial charge in [0.25, 0.3) is 0 Å².